The Balaban J connectivity index is 2.19. The zero-order valence-electron chi connectivity index (χ0n) is 18.4. The third kappa shape index (κ3) is 6.82. The van der Waals surface area contributed by atoms with E-state index in [0.717, 1.165) is 11.3 Å². The second-order valence-corrected chi connectivity index (χ2v) is 8.46. The lowest BCUT2D eigenvalue weighted by Gasteiger charge is -2.38. The summed E-state index contributed by atoms with van der Waals surface area (Å²) < 4.78 is 5.46. The molecule has 0 bridgehead atoms. The first-order valence-electron chi connectivity index (χ1n) is 10.1. The number of hydrogen-bond acceptors (Lipinski definition) is 6. The van der Waals surface area contributed by atoms with Gasteiger partial charge in [0.1, 0.15) is 5.60 Å². The van der Waals surface area contributed by atoms with Crippen LogP contribution in [0.1, 0.15) is 46.2 Å². The van der Waals surface area contributed by atoms with Crippen LogP contribution in [0.5, 0.6) is 0 Å². The number of carbonyl (C=O) groups excluding carboxylic acids is 3. The molecule has 166 valence electrons. The van der Waals surface area contributed by atoms with Crippen molar-refractivity contribution in [3.05, 3.63) is 23.8 Å². The highest BCUT2D eigenvalue weighted by Gasteiger charge is 2.28. The van der Waals surface area contributed by atoms with Gasteiger partial charge in [-0.2, -0.15) is 0 Å². The van der Waals surface area contributed by atoms with Gasteiger partial charge in [-0.25, -0.2) is 4.79 Å². The van der Waals surface area contributed by atoms with Gasteiger partial charge in [0.05, 0.1) is 6.04 Å². The number of rotatable bonds is 5. The van der Waals surface area contributed by atoms with Crippen molar-refractivity contribution in [2.75, 3.05) is 43.4 Å². The van der Waals surface area contributed by atoms with Crippen LogP contribution in [0.3, 0.4) is 0 Å². The third-order valence-corrected chi connectivity index (χ3v) is 4.63. The Labute approximate surface area is 177 Å². The summed E-state index contributed by atoms with van der Waals surface area (Å²) >= 11 is 0. The molecule has 1 aromatic carbocycles. The molecule has 3 amide bonds. The molecule has 1 fully saturated rings. The van der Waals surface area contributed by atoms with E-state index in [1.165, 1.54) is 13.8 Å². The standard InChI is InChI=1S/C21H33N5O4/c1-14(27)23-13-18(24-15(2)28)17-12-16(22)6-7-19(17)25-8-10-26(11-9-25)20(29)30-21(3,4)5/h6-7,12,18H,8-11,13,22H2,1-5H3,(H,23,27)(H,24,28). The molecule has 4 N–H and O–H groups in total. The summed E-state index contributed by atoms with van der Waals surface area (Å²) in [5.41, 5.74) is 7.79. The van der Waals surface area contributed by atoms with Gasteiger partial charge in [-0.1, -0.05) is 0 Å². The quantitative estimate of drug-likeness (QED) is 0.625. The average Bonchev–Trinajstić information content (AvgIpc) is 2.63. The van der Waals surface area contributed by atoms with Crippen molar-refractivity contribution in [2.45, 2.75) is 46.3 Å². The molecule has 0 aliphatic carbocycles. The maximum Gasteiger partial charge on any atom is 0.410 e. The Morgan fingerprint density at radius 2 is 1.73 bits per heavy atom. The number of nitrogens with one attached hydrogen (secondary N) is 2. The number of ether oxygens (including phenoxy) is 1. The van der Waals surface area contributed by atoms with E-state index in [2.05, 4.69) is 15.5 Å². The number of benzene rings is 1. The molecular weight excluding hydrogens is 386 g/mol. The molecule has 0 radical (unpaired) electrons. The fourth-order valence-electron chi connectivity index (χ4n) is 3.33. The van der Waals surface area contributed by atoms with E-state index < -0.39 is 11.6 Å². The number of nitrogens with two attached hydrogens (primary N) is 1. The molecule has 1 heterocycles. The number of nitrogens with zero attached hydrogens (tertiary/aromatic N) is 2. The van der Waals surface area contributed by atoms with Gasteiger partial charge in [-0.15, -0.1) is 0 Å². The minimum Gasteiger partial charge on any atom is -0.444 e. The van der Waals surface area contributed by atoms with Crippen LogP contribution in [0, 0.1) is 0 Å². The number of anilines is 2. The summed E-state index contributed by atoms with van der Waals surface area (Å²) in [5.74, 6) is -0.379. The summed E-state index contributed by atoms with van der Waals surface area (Å²) in [5, 5.41) is 5.65. The largest absolute Gasteiger partial charge is 0.444 e. The van der Waals surface area contributed by atoms with Gasteiger partial charge in [-0.3, -0.25) is 9.59 Å². The van der Waals surface area contributed by atoms with Gasteiger partial charge in [-0.05, 0) is 39.0 Å². The lowest BCUT2D eigenvalue weighted by molar-refractivity contribution is -0.121. The second-order valence-electron chi connectivity index (χ2n) is 8.46. The van der Waals surface area contributed by atoms with Gasteiger partial charge in [0.25, 0.3) is 0 Å². The van der Waals surface area contributed by atoms with Crippen molar-refractivity contribution < 1.29 is 19.1 Å². The highest BCUT2D eigenvalue weighted by Crippen LogP contribution is 2.30. The fourth-order valence-corrected chi connectivity index (χ4v) is 3.33. The summed E-state index contributed by atoms with van der Waals surface area (Å²) in [6.07, 6.45) is -0.318. The Bertz CT molecular complexity index is 782. The lowest BCUT2D eigenvalue weighted by atomic mass is 10.0. The average molecular weight is 420 g/mol. The predicted molar refractivity (Wildman–Crippen MR) is 116 cm³/mol. The monoisotopic (exact) mass is 419 g/mol. The summed E-state index contributed by atoms with van der Waals surface area (Å²) in [7, 11) is 0. The fraction of sp³-hybridized carbons (Fsp3) is 0.571. The number of nitrogen functional groups attached to an aromatic ring is 1. The zero-order chi connectivity index (χ0) is 22.5. The number of amides is 3. The van der Waals surface area contributed by atoms with Crippen LogP contribution < -0.4 is 21.3 Å². The highest BCUT2D eigenvalue weighted by atomic mass is 16.6. The van der Waals surface area contributed by atoms with Crippen molar-refractivity contribution in [3.63, 3.8) is 0 Å². The van der Waals surface area contributed by atoms with E-state index in [-0.39, 0.29) is 24.5 Å². The Hall–Kier alpha value is -2.97. The Morgan fingerprint density at radius 1 is 1.10 bits per heavy atom. The molecule has 1 atom stereocenters. The summed E-state index contributed by atoms with van der Waals surface area (Å²) in [4.78, 5) is 39.3. The molecule has 0 saturated carbocycles. The van der Waals surface area contributed by atoms with Crippen LogP contribution in [-0.4, -0.2) is 61.1 Å². The maximum absolute atomic E-state index is 12.3. The van der Waals surface area contributed by atoms with Gasteiger partial charge in [0, 0.05) is 63.5 Å². The molecule has 30 heavy (non-hydrogen) atoms. The molecule has 9 heteroatoms. The van der Waals surface area contributed by atoms with Crippen molar-refractivity contribution in [2.24, 2.45) is 0 Å². The van der Waals surface area contributed by atoms with Gasteiger partial charge in [0.2, 0.25) is 11.8 Å². The predicted octanol–water partition coefficient (Wildman–Crippen LogP) is 1.64. The van der Waals surface area contributed by atoms with Crippen LogP contribution in [0.25, 0.3) is 0 Å². The number of carbonyl (C=O) groups is 3. The topological polar surface area (TPSA) is 117 Å². The van der Waals surface area contributed by atoms with E-state index in [0.29, 0.717) is 31.9 Å². The van der Waals surface area contributed by atoms with E-state index in [1.807, 2.05) is 39.0 Å². The van der Waals surface area contributed by atoms with E-state index in [9.17, 15) is 14.4 Å². The number of hydrogen-bond donors (Lipinski definition) is 3. The molecule has 1 saturated heterocycles. The summed E-state index contributed by atoms with van der Waals surface area (Å²) in [6, 6.07) is 5.12. The summed E-state index contributed by atoms with van der Waals surface area (Å²) in [6.45, 7) is 10.9. The normalized spacial score (nSPS) is 15.4. The van der Waals surface area contributed by atoms with Crippen LogP contribution in [0.15, 0.2) is 18.2 Å². The first-order chi connectivity index (χ1) is 14.0. The van der Waals surface area contributed by atoms with E-state index in [4.69, 9.17) is 10.5 Å². The second kappa shape index (κ2) is 9.69. The highest BCUT2D eigenvalue weighted by molar-refractivity contribution is 5.76. The molecule has 1 aliphatic rings. The Kier molecular flexibility index (Phi) is 7.53. The molecule has 1 unspecified atom stereocenters. The van der Waals surface area contributed by atoms with Crippen LogP contribution in [-0.2, 0) is 14.3 Å². The zero-order valence-corrected chi connectivity index (χ0v) is 18.4. The molecule has 1 aliphatic heterocycles. The van der Waals surface area contributed by atoms with E-state index in [1.54, 1.807) is 4.90 Å². The molecule has 1 aromatic rings. The van der Waals surface area contributed by atoms with Crippen molar-refractivity contribution in [3.8, 4) is 0 Å². The SMILES string of the molecule is CC(=O)NCC(NC(C)=O)c1cc(N)ccc1N1CCN(C(=O)OC(C)(C)C)CC1. The first-order valence-corrected chi connectivity index (χ1v) is 10.1. The maximum atomic E-state index is 12.3. The van der Waals surface area contributed by atoms with E-state index >= 15 is 0 Å². The van der Waals surface area contributed by atoms with Crippen LogP contribution >= 0.6 is 0 Å². The molecule has 2 rings (SSSR count). The minimum atomic E-state index is -0.534. The van der Waals surface area contributed by atoms with Crippen LogP contribution in [0.2, 0.25) is 0 Å². The van der Waals surface area contributed by atoms with Crippen molar-refractivity contribution >= 4 is 29.3 Å². The smallest absolute Gasteiger partial charge is 0.410 e. The third-order valence-electron chi connectivity index (χ3n) is 4.63. The van der Waals surface area contributed by atoms with Gasteiger partial charge >= 0.3 is 6.09 Å². The van der Waals surface area contributed by atoms with Gasteiger partial charge in [0.15, 0.2) is 0 Å². The van der Waals surface area contributed by atoms with Crippen molar-refractivity contribution in [1.82, 2.24) is 15.5 Å². The van der Waals surface area contributed by atoms with Crippen LogP contribution in [0.4, 0.5) is 16.2 Å². The first kappa shape index (κ1) is 23.3. The molecule has 0 spiro atoms. The van der Waals surface area contributed by atoms with Crippen molar-refractivity contribution in [1.29, 1.82) is 0 Å². The van der Waals surface area contributed by atoms with Gasteiger partial charge < -0.3 is 30.9 Å². The Morgan fingerprint density at radius 3 is 2.27 bits per heavy atom. The molecule has 0 aromatic heterocycles. The minimum absolute atomic E-state index is 0.179. The molecule has 9 nitrogen and oxygen atoms in total. The molecular formula is C21H33N5O4. The lowest BCUT2D eigenvalue weighted by Crippen LogP contribution is -2.50. The number of piperazine rings is 1.